The molecule has 0 spiro atoms. The molecule has 0 radical (unpaired) electrons. The van der Waals surface area contributed by atoms with Crippen molar-refractivity contribution < 1.29 is 13.9 Å². The lowest BCUT2D eigenvalue weighted by Gasteiger charge is -2.33. The van der Waals surface area contributed by atoms with Crippen LogP contribution in [0.2, 0.25) is 0 Å². The van der Waals surface area contributed by atoms with Gasteiger partial charge in [-0.3, -0.25) is 9.36 Å². The number of ether oxygens (including phenoxy) is 1. The Hall–Kier alpha value is -2.87. The number of halogens is 1. The summed E-state index contributed by atoms with van der Waals surface area (Å²) in [6.45, 7) is 2.97. The highest BCUT2D eigenvalue weighted by molar-refractivity contribution is 7.99. The number of hydrogen-bond acceptors (Lipinski definition) is 5. The molecule has 0 saturated carbocycles. The number of carbonyl (C=O) groups is 1. The Kier molecular flexibility index (Phi) is 6.86. The molecular weight excluding hydrogens is 415 g/mol. The van der Waals surface area contributed by atoms with Crippen LogP contribution in [0.3, 0.4) is 0 Å². The number of amides is 1. The normalized spacial score (nSPS) is 16.3. The summed E-state index contributed by atoms with van der Waals surface area (Å²) < 4.78 is 21.4. The van der Waals surface area contributed by atoms with E-state index in [1.54, 1.807) is 18.2 Å². The van der Waals surface area contributed by atoms with E-state index >= 15 is 0 Å². The summed E-state index contributed by atoms with van der Waals surface area (Å²) in [4.78, 5) is 14.7. The van der Waals surface area contributed by atoms with Crippen molar-refractivity contribution in [3.8, 4) is 11.4 Å². The Labute approximate surface area is 185 Å². The van der Waals surface area contributed by atoms with Crippen molar-refractivity contribution in [2.45, 2.75) is 44.0 Å². The molecule has 8 heteroatoms. The highest BCUT2D eigenvalue weighted by Crippen LogP contribution is 2.25. The van der Waals surface area contributed by atoms with E-state index in [9.17, 15) is 9.18 Å². The van der Waals surface area contributed by atoms with Crippen LogP contribution in [0.5, 0.6) is 5.75 Å². The lowest BCUT2D eigenvalue weighted by Crippen LogP contribution is -2.42. The summed E-state index contributed by atoms with van der Waals surface area (Å²) in [5.41, 5.74) is 0.862. The largest absolute Gasteiger partial charge is 0.483 e. The highest BCUT2D eigenvalue weighted by Gasteiger charge is 2.24. The van der Waals surface area contributed by atoms with Crippen LogP contribution in [0.1, 0.15) is 32.0 Å². The number of benzene rings is 2. The summed E-state index contributed by atoms with van der Waals surface area (Å²) in [6.07, 6.45) is 3.28. The Bertz CT molecular complexity index is 1030. The van der Waals surface area contributed by atoms with Gasteiger partial charge in [0.05, 0.1) is 5.75 Å². The van der Waals surface area contributed by atoms with Gasteiger partial charge in [-0.25, -0.2) is 4.39 Å². The van der Waals surface area contributed by atoms with Gasteiger partial charge < -0.3 is 9.64 Å². The number of carbonyl (C=O) groups excluding carboxylic acids is 1. The number of aromatic nitrogens is 3. The van der Waals surface area contributed by atoms with E-state index in [1.165, 1.54) is 24.2 Å². The van der Waals surface area contributed by atoms with Crippen LogP contribution in [0.15, 0.2) is 59.8 Å². The molecule has 1 saturated heterocycles. The molecule has 1 atom stereocenters. The van der Waals surface area contributed by atoms with Crippen LogP contribution in [0.4, 0.5) is 4.39 Å². The van der Waals surface area contributed by atoms with Gasteiger partial charge in [-0.1, -0.05) is 42.1 Å². The fraction of sp³-hybridized carbons (Fsp3) is 0.348. The maximum atomic E-state index is 13.9. The predicted octanol–water partition coefficient (Wildman–Crippen LogP) is 4.48. The maximum Gasteiger partial charge on any atom is 0.233 e. The smallest absolute Gasteiger partial charge is 0.233 e. The Morgan fingerprint density at radius 2 is 1.90 bits per heavy atom. The van der Waals surface area contributed by atoms with E-state index in [0.29, 0.717) is 16.7 Å². The molecule has 1 aliphatic heterocycles. The molecule has 1 aliphatic rings. The summed E-state index contributed by atoms with van der Waals surface area (Å²) >= 11 is 1.36. The zero-order chi connectivity index (χ0) is 21.6. The number of rotatable bonds is 7. The molecule has 31 heavy (non-hydrogen) atoms. The van der Waals surface area contributed by atoms with Gasteiger partial charge in [0, 0.05) is 18.3 Å². The quantitative estimate of drug-likeness (QED) is 0.507. The van der Waals surface area contributed by atoms with Gasteiger partial charge >= 0.3 is 0 Å². The van der Waals surface area contributed by atoms with Crippen LogP contribution in [-0.2, 0) is 11.4 Å². The number of likely N-dealkylation sites (tertiary alicyclic amines) is 1. The van der Waals surface area contributed by atoms with Crippen LogP contribution >= 0.6 is 11.8 Å². The van der Waals surface area contributed by atoms with E-state index in [2.05, 4.69) is 17.1 Å². The number of nitrogens with zero attached hydrogens (tertiary/aromatic N) is 4. The van der Waals surface area contributed by atoms with Crippen molar-refractivity contribution in [2.24, 2.45) is 0 Å². The van der Waals surface area contributed by atoms with E-state index < -0.39 is 5.82 Å². The zero-order valence-corrected chi connectivity index (χ0v) is 18.2. The summed E-state index contributed by atoms with van der Waals surface area (Å²) in [5.74, 6) is 0.682. The topological polar surface area (TPSA) is 60.3 Å². The first kappa shape index (κ1) is 21.4. The van der Waals surface area contributed by atoms with E-state index in [4.69, 9.17) is 4.74 Å². The molecule has 3 aromatic rings. The first-order valence-electron chi connectivity index (χ1n) is 10.4. The second-order valence-corrected chi connectivity index (χ2v) is 8.45. The van der Waals surface area contributed by atoms with Crippen molar-refractivity contribution in [1.82, 2.24) is 19.7 Å². The first-order valence-corrected chi connectivity index (χ1v) is 11.4. The van der Waals surface area contributed by atoms with Gasteiger partial charge in [0.25, 0.3) is 0 Å². The monoisotopic (exact) mass is 440 g/mol. The van der Waals surface area contributed by atoms with Gasteiger partial charge in [0.1, 0.15) is 6.61 Å². The summed E-state index contributed by atoms with van der Waals surface area (Å²) in [7, 11) is 0. The SMILES string of the molecule is C[C@@H]1CCCCN1C(=O)CSc1nnc(COc2ccccc2F)n1-c1ccccc1. The third-order valence-corrected chi connectivity index (χ3v) is 6.27. The minimum atomic E-state index is -0.427. The van der Waals surface area contributed by atoms with Crippen molar-refractivity contribution >= 4 is 17.7 Å². The number of thioether (sulfide) groups is 1. The maximum absolute atomic E-state index is 13.9. The zero-order valence-electron chi connectivity index (χ0n) is 17.4. The lowest BCUT2D eigenvalue weighted by atomic mass is 10.0. The van der Waals surface area contributed by atoms with Crippen LogP contribution in [-0.4, -0.2) is 43.9 Å². The Balaban J connectivity index is 1.52. The fourth-order valence-corrected chi connectivity index (χ4v) is 4.56. The molecule has 0 bridgehead atoms. The minimum absolute atomic E-state index is 0.0560. The molecule has 6 nitrogen and oxygen atoms in total. The lowest BCUT2D eigenvalue weighted by molar-refractivity contribution is -0.131. The molecule has 2 aromatic carbocycles. The molecule has 2 heterocycles. The molecule has 0 unspecified atom stereocenters. The molecule has 1 aromatic heterocycles. The first-order chi connectivity index (χ1) is 15.1. The van der Waals surface area contributed by atoms with Gasteiger partial charge in [-0.15, -0.1) is 10.2 Å². The molecule has 1 amide bonds. The van der Waals surface area contributed by atoms with Crippen LogP contribution in [0.25, 0.3) is 5.69 Å². The van der Waals surface area contributed by atoms with E-state index in [1.807, 2.05) is 39.8 Å². The van der Waals surface area contributed by atoms with Crippen molar-refractivity contribution in [2.75, 3.05) is 12.3 Å². The number of hydrogen-bond donors (Lipinski definition) is 0. The van der Waals surface area contributed by atoms with Crippen molar-refractivity contribution in [1.29, 1.82) is 0 Å². The predicted molar refractivity (Wildman–Crippen MR) is 118 cm³/mol. The van der Waals surface area contributed by atoms with Crippen LogP contribution < -0.4 is 4.74 Å². The number of piperidine rings is 1. The Morgan fingerprint density at radius 1 is 1.13 bits per heavy atom. The van der Waals surface area contributed by atoms with Crippen molar-refractivity contribution in [3.63, 3.8) is 0 Å². The van der Waals surface area contributed by atoms with Crippen LogP contribution in [0, 0.1) is 5.82 Å². The molecule has 0 aliphatic carbocycles. The minimum Gasteiger partial charge on any atom is -0.483 e. The van der Waals surface area contributed by atoms with Crippen molar-refractivity contribution in [3.05, 3.63) is 66.2 Å². The third-order valence-electron chi connectivity index (χ3n) is 5.36. The number of para-hydroxylation sites is 2. The summed E-state index contributed by atoms with van der Waals surface area (Å²) in [5, 5.41) is 9.16. The van der Waals surface area contributed by atoms with Gasteiger partial charge in [-0.05, 0) is 50.5 Å². The standard InChI is InChI=1S/C23H25FN4O2S/c1-17-9-7-8-14-27(17)22(29)16-31-23-26-25-21(28(23)18-10-3-2-4-11-18)15-30-20-13-6-5-12-19(20)24/h2-6,10-13,17H,7-9,14-16H2,1H3/t17-/m1/s1. The fourth-order valence-electron chi connectivity index (χ4n) is 3.71. The average molecular weight is 441 g/mol. The Morgan fingerprint density at radius 3 is 2.68 bits per heavy atom. The molecule has 1 fully saturated rings. The second kappa shape index (κ2) is 9.96. The summed E-state index contributed by atoms with van der Waals surface area (Å²) in [6, 6.07) is 16.2. The molecular formula is C23H25FN4O2S. The van der Waals surface area contributed by atoms with E-state index in [0.717, 1.165) is 25.1 Å². The van der Waals surface area contributed by atoms with E-state index in [-0.39, 0.29) is 24.3 Å². The molecule has 162 valence electrons. The average Bonchev–Trinajstić information content (AvgIpc) is 3.20. The molecule has 4 rings (SSSR count). The highest BCUT2D eigenvalue weighted by atomic mass is 32.2. The second-order valence-electron chi connectivity index (χ2n) is 7.51. The van der Waals surface area contributed by atoms with Gasteiger partial charge in [0.2, 0.25) is 5.91 Å². The third kappa shape index (κ3) is 5.07. The van der Waals surface area contributed by atoms with Gasteiger partial charge in [-0.2, -0.15) is 0 Å². The molecule has 0 N–H and O–H groups in total. The van der Waals surface area contributed by atoms with Gasteiger partial charge in [0.15, 0.2) is 22.5 Å².